The molecule has 186 valence electrons. The second kappa shape index (κ2) is 7.83. The van der Waals surface area contributed by atoms with E-state index in [0.29, 0.717) is 11.8 Å². The van der Waals surface area contributed by atoms with Crippen LogP contribution in [0.1, 0.15) is 51.5 Å². The molecule has 0 aromatic heterocycles. The van der Waals surface area contributed by atoms with Crippen molar-refractivity contribution in [3.05, 3.63) is 119 Å². The molecule has 0 heteroatoms. The Morgan fingerprint density at radius 2 is 1.38 bits per heavy atom. The van der Waals surface area contributed by atoms with Gasteiger partial charge in [-0.15, -0.1) is 0 Å². The predicted molar refractivity (Wildman–Crippen MR) is 154 cm³/mol. The molecule has 2 unspecified atom stereocenters. The molecule has 4 fully saturated rings. The van der Waals surface area contributed by atoms with E-state index >= 15 is 0 Å². The number of allylic oxidation sites excluding steroid dienone is 8. The Bertz CT molecular complexity index is 1480. The highest BCUT2D eigenvalue weighted by Crippen LogP contribution is 2.66. The maximum absolute atomic E-state index is 2.73. The molecule has 0 aliphatic heterocycles. The highest BCUT2D eigenvalue weighted by molar-refractivity contribution is 5.82. The van der Waals surface area contributed by atoms with Gasteiger partial charge < -0.3 is 0 Å². The van der Waals surface area contributed by atoms with Gasteiger partial charge in [0.2, 0.25) is 0 Å². The zero-order valence-electron chi connectivity index (χ0n) is 22.2. The largest absolute Gasteiger partial charge is 0.0764 e. The maximum atomic E-state index is 2.73. The standard InChI is InChI=1S/C37H38/c1-36(2,35-33-14-8-6-12-31(33)32-13-7-9-15-34(32)35)27-16-17-28(23-27)37(26-10-4-3-5-11-26)29-19-24-18-25(21-29)22-30(37)20-24/h3-17,23-25,27,29-30,33H,18-22H2,1-2H3. The van der Waals surface area contributed by atoms with Gasteiger partial charge in [-0.05, 0) is 93.9 Å². The molecule has 2 aromatic rings. The minimum absolute atomic E-state index is 0.0417. The van der Waals surface area contributed by atoms with E-state index in [1.807, 2.05) is 0 Å². The van der Waals surface area contributed by atoms with Crippen molar-refractivity contribution in [3.63, 3.8) is 0 Å². The second-order valence-electron chi connectivity index (χ2n) is 13.4. The van der Waals surface area contributed by atoms with E-state index in [-0.39, 0.29) is 10.8 Å². The number of benzene rings is 2. The van der Waals surface area contributed by atoms with E-state index in [9.17, 15) is 0 Å². The Hall–Kier alpha value is -2.86. The van der Waals surface area contributed by atoms with Gasteiger partial charge in [-0.3, -0.25) is 0 Å². The molecule has 0 saturated heterocycles. The molecule has 0 heterocycles. The van der Waals surface area contributed by atoms with Crippen LogP contribution in [-0.2, 0) is 5.41 Å². The van der Waals surface area contributed by atoms with Crippen molar-refractivity contribution in [1.82, 2.24) is 0 Å². The zero-order valence-corrected chi connectivity index (χ0v) is 22.2. The van der Waals surface area contributed by atoms with Crippen LogP contribution >= 0.6 is 0 Å². The lowest BCUT2D eigenvalue weighted by Gasteiger charge is -2.62. The van der Waals surface area contributed by atoms with Crippen LogP contribution in [0.4, 0.5) is 0 Å². The van der Waals surface area contributed by atoms with Crippen molar-refractivity contribution < 1.29 is 0 Å². The van der Waals surface area contributed by atoms with Crippen LogP contribution in [0.3, 0.4) is 0 Å². The lowest BCUT2D eigenvalue weighted by Crippen LogP contribution is -2.56. The van der Waals surface area contributed by atoms with Crippen LogP contribution in [0.25, 0.3) is 11.1 Å². The molecule has 0 nitrogen and oxygen atoms in total. The summed E-state index contributed by atoms with van der Waals surface area (Å²) in [7, 11) is 0. The van der Waals surface area contributed by atoms with Gasteiger partial charge in [0.1, 0.15) is 0 Å². The summed E-state index contributed by atoms with van der Waals surface area (Å²) in [5.41, 5.74) is 6.56. The van der Waals surface area contributed by atoms with Crippen LogP contribution in [-0.4, -0.2) is 0 Å². The van der Waals surface area contributed by atoms with Crippen LogP contribution < -0.4 is 10.4 Å². The molecule has 4 bridgehead atoms. The van der Waals surface area contributed by atoms with Crippen LogP contribution in [0, 0.1) is 40.9 Å². The fraction of sp³-hybridized carbons (Fsp3) is 0.405. The minimum atomic E-state index is 0.0417. The van der Waals surface area contributed by atoms with Gasteiger partial charge in [-0.1, -0.05) is 111 Å². The summed E-state index contributed by atoms with van der Waals surface area (Å²) < 4.78 is 0. The number of hydrogen-bond donors (Lipinski definition) is 0. The lowest BCUT2D eigenvalue weighted by molar-refractivity contribution is -0.0421. The Morgan fingerprint density at radius 1 is 0.703 bits per heavy atom. The third-order valence-corrected chi connectivity index (χ3v) is 11.4. The van der Waals surface area contributed by atoms with Gasteiger partial charge in [-0.25, -0.2) is 0 Å². The average molecular weight is 483 g/mol. The molecule has 2 atom stereocenters. The molecular formula is C37H38. The van der Waals surface area contributed by atoms with Crippen LogP contribution in [0.2, 0.25) is 0 Å². The van der Waals surface area contributed by atoms with Gasteiger partial charge in [0.05, 0.1) is 0 Å². The van der Waals surface area contributed by atoms with Crippen molar-refractivity contribution in [3.8, 4) is 0 Å². The fourth-order valence-corrected chi connectivity index (χ4v) is 10.1. The second-order valence-corrected chi connectivity index (χ2v) is 13.4. The van der Waals surface area contributed by atoms with E-state index in [4.69, 9.17) is 0 Å². The maximum Gasteiger partial charge on any atom is 0.0256 e. The van der Waals surface area contributed by atoms with Crippen LogP contribution in [0.15, 0.2) is 103 Å². The molecule has 7 aliphatic rings. The zero-order chi connectivity index (χ0) is 24.8. The monoisotopic (exact) mass is 482 g/mol. The topological polar surface area (TPSA) is 0 Å². The highest BCUT2D eigenvalue weighted by Gasteiger charge is 2.59. The molecule has 9 rings (SSSR count). The normalized spacial score (nSPS) is 36.8. The number of hydrogen-bond acceptors (Lipinski definition) is 0. The fourth-order valence-electron chi connectivity index (χ4n) is 10.1. The summed E-state index contributed by atoms with van der Waals surface area (Å²) in [6, 6.07) is 20.8. The Morgan fingerprint density at radius 3 is 2.11 bits per heavy atom. The average Bonchev–Trinajstić information content (AvgIpc) is 3.54. The van der Waals surface area contributed by atoms with Gasteiger partial charge in [0.25, 0.3) is 0 Å². The van der Waals surface area contributed by atoms with Gasteiger partial charge >= 0.3 is 0 Å². The molecule has 0 N–H and O–H groups in total. The van der Waals surface area contributed by atoms with Crippen molar-refractivity contribution in [2.24, 2.45) is 40.9 Å². The summed E-state index contributed by atoms with van der Waals surface area (Å²) in [5.74, 6) is 4.37. The smallest absolute Gasteiger partial charge is 0.0256 e. The van der Waals surface area contributed by atoms with Gasteiger partial charge in [0.15, 0.2) is 0 Å². The van der Waals surface area contributed by atoms with E-state index in [1.54, 1.807) is 16.7 Å². The van der Waals surface area contributed by atoms with Crippen molar-refractivity contribution in [2.45, 2.75) is 51.4 Å². The first-order valence-electron chi connectivity index (χ1n) is 14.7. The predicted octanol–water partition coefficient (Wildman–Crippen LogP) is 7.28. The summed E-state index contributed by atoms with van der Waals surface area (Å²) in [6.07, 6.45) is 24.3. The first-order valence-corrected chi connectivity index (χ1v) is 14.7. The minimum Gasteiger partial charge on any atom is -0.0764 e. The van der Waals surface area contributed by atoms with E-state index in [0.717, 1.165) is 23.7 Å². The van der Waals surface area contributed by atoms with E-state index < -0.39 is 0 Å². The van der Waals surface area contributed by atoms with Gasteiger partial charge in [0, 0.05) is 17.3 Å². The van der Waals surface area contributed by atoms with Gasteiger partial charge in [-0.2, -0.15) is 0 Å². The number of rotatable bonds is 4. The third-order valence-electron chi connectivity index (χ3n) is 11.4. The number of fused-ring (bicyclic) bond motifs is 2. The molecular weight excluding hydrogens is 444 g/mol. The lowest BCUT2D eigenvalue weighted by atomic mass is 9.42. The summed E-state index contributed by atoms with van der Waals surface area (Å²) >= 11 is 0. The molecule has 4 saturated carbocycles. The first-order chi connectivity index (χ1) is 18.1. The van der Waals surface area contributed by atoms with Crippen molar-refractivity contribution in [2.75, 3.05) is 0 Å². The first kappa shape index (κ1) is 22.2. The third kappa shape index (κ3) is 2.96. The Balaban J connectivity index is 1.26. The molecule has 2 aromatic carbocycles. The van der Waals surface area contributed by atoms with E-state index in [1.165, 1.54) is 48.1 Å². The Labute approximate surface area is 221 Å². The molecule has 7 aliphatic carbocycles. The summed E-state index contributed by atoms with van der Waals surface area (Å²) in [6.45, 7) is 5.02. The molecule has 37 heavy (non-hydrogen) atoms. The van der Waals surface area contributed by atoms with Crippen molar-refractivity contribution >= 4 is 11.1 Å². The summed E-state index contributed by atoms with van der Waals surface area (Å²) in [5, 5.41) is 2.90. The Kier molecular flexibility index (Phi) is 4.69. The van der Waals surface area contributed by atoms with Crippen LogP contribution in [0.5, 0.6) is 0 Å². The van der Waals surface area contributed by atoms with E-state index in [2.05, 4.69) is 111 Å². The summed E-state index contributed by atoms with van der Waals surface area (Å²) in [4.78, 5) is 0. The van der Waals surface area contributed by atoms with Crippen molar-refractivity contribution in [1.29, 1.82) is 0 Å². The highest BCUT2D eigenvalue weighted by atomic mass is 14.6. The molecule has 0 amide bonds. The molecule has 0 spiro atoms. The molecule has 0 radical (unpaired) electrons. The quantitative estimate of drug-likeness (QED) is 0.430. The SMILES string of the molecule is CC(C)(C1=c2ccccc2=C2C=CC=CC21)C1C=CC(C2(c3ccccc3)C3CC4CC(C3)CC2C4)=C1.